The maximum absolute atomic E-state index is 12.8. The van der Waals surface area contributed by atoms with Crippen molar-refractivity contribution in [2.24, 2.45) is 5.92 Å². The summed E-state index contributed by atoms with van der Waals surface area (Å²) < 4.78 is 11.2. The Hall–Kier alpha value is -1.10. The van der Waals surface area contributed by atoms with E-state index in [2.05, 4.69) is 0 Å². The van der Waals surface area contributed by atoms with Crippen LogP contribution >= 0.6 is 0 Å². The van der Waals surface area contributed by atoms with Gasteiger partial charge in [0.1, 0.15) is 12.1 Å². The molecule has 3 rings (SSSR count). The molecule has 0 aromatic heterocycles. The summed E-state index contributed by atoms with van der Waals surface area (Å²) in [6.45, 7) is 0.709. The molecule has 0 spiro atoms. The van der Waals surface area contributed by atoms with Crippen LogP contribution in [0.3, 0.4) is 0 Å². The van der Waals surface area contributed by atoms with Crippen molar-refractivity contribution in [1.29, 1.82) is 0 Å². The van der Waals surface area contributed by atoms with Gasteiger partial charge in [-0.3, -0.25) is 4.79 Å². The second-order valence-corrected chi connectivity index (χ2v) is 7.61. The smallest absolute Gasteiger partial charge is 0.329 e. The van der Waals surface area contributed by atoms with E-state index in [1.54, 1.807) is 7.11 Å². The molecule has 1 saturated heterocycles. The number of likely N-dealkylation sites (tertiary alicyclic amines) is 1. The number of amides is 1. The summed E-state index contributed by atoms with van der Waals surface area (Å²) in [4.78, 5) is 27.3. The van der Waals surface area contributed by atoms with Gasteiger partial charge in [-0.1, -0.05) is 19.3 Å². The molecule has 0 N–H and O–H groups in total. The van der Waals surface area contributed by atoms with Crippen LogP contribution < -0.4 is 0 Å². The first-order valence-electron chi connectivity index (χ1n) is 9.73. The molecule has 0 radical (unpaired) electrons. The van der Waals surface area contributed by atoms with Crippen LogP contribution in [0.5, 0.6) is 0 Å². The van der Waals surface area contributed by atoms with Gasteiger partial charge >= 0.3 is 5.97 Å². The summed E-state index contributed by atoms with van der Waals surface area (Å²) in [5.41, 5.74) is 0. The minimum atomic E-state index is -0.359. The van der Waals surface area contributed by atoms with Gasteiger partial charge < -0.3 is 14.4 Å². The highest BCUT2D eigenvalue weighted by Gasteiger charge is 2.39. The van der Waals surface area contributed by atoms with Crippen molar-refractivity contribution in [3.8, 4) is 0 Å². The third kappa shape index (κ3) is 4.11. The van der Waals surface area contributed by atoms with Gasteiger partial charge in [0.2, 0.25) is 5.91 Å². The highest BCUT2D eigenvalue weighted by atomic mass is 16.5. The van der Waals surface area contributed by atoms with Crippen LogP contribution in [0.2, 0.25) is 0 Å². The van der Waals surface area contributed by atoms with E-state index in [1.165, 1.54) is 6.42 Å². The zero-order valence-corrected chi connectivity index (χ0v) is 14.9. The average Bonchev–Trinajstić information content (AvgIpc) is 3.12. The van der Waals surface area contributed by atoms with Crippen molar-refractivity contribution in [3.63, 3.8) is 0 Å². The molecule has 3 aliphatic rings. The maximum atomic E-state index is 12.8. The number of methoxy groups -OCH3 is 1. The van der Waals surface area contributed by atoms with Crippen molar-refractivity contribution in [2.75, 3.05) is 13.7 Å². The van der Waals surface area contributed by atoms with Crippen molar-refractivity contribution >= 4 is 11.9 Å². The molecule has 24 heavy (non-hydrogen) atoms. The van der Waals surface area contributed by atoms with Crippen LogP contribution in [0.4, 0.5) is 0 Å². The first kappa shape index (κ1) is 17.7. The normalized spacial score (nSPS) is 31.9. The Morgan fingerprint density at radius 2 is 1.62 bits per heavy atom. The van der Waals surface area contributed by atoms with Crippen molar-refractivity contribution in [2.45, 2.75) is 88.9 Å². The maximum Gasteiger partial charge on any atom is 0.329 e. The van der Waals surface area contributed by atoms with Gasteiger partial charge in [-0.15, -0.1) is 0 Å². The lowest BCUT2D eigenvalue weighted by Gasteiger charge is -2.32. The SMILES string of the molecule is CO[C@@H]1CCC[C@H](OC(=O)[C@@H]2CCCN2C(=O)C2CCCCC2)C1. The van der Waals surface area contributed by atoms with E-state index >= 15 is 0 Å². The van der Waals surface area contributed by atoms with Crippen molar-refractivity contribution < 1.29 is 19.1 Å². The summed E-state index contributed by atoms with van der Waals surface area (Å²) in [5.74, 6) is 0.116. The van der Waals surface area contributed by atoms with Crippen molar-refractivity contribution in [1.82, 2.24) is 4.90 Å². The fraction of sp³-hybridized carbons (Fsp3) is 0.895. The van der Waals surface area contributed by atoms with Crippen LogP contribution in [0.15, 0.2) is 0 Å². The molecule has 3 fully saturated rings. The molecule has 1 heterocycles. The standard InChI is InChI=1S/C19H31NO4/c1-23-15-9-5-10-16(13-15)24-19(22)17-11-6-12-20(17)18(21)14-7-3-2-4-8-14/h14-17H,2-13H2,1H3/t15-,16+,17+/m1/s1. The molecule has 2 saturated carbocycles. The zero-order valence-electron chi connectivity index (χ0n) is 14.9. The minimum absolute atomic E-state index is 0.0524. The molecule has 136 valence electrons. The third-order valence-corrected chi connectivity index (χ3v) is 5.96. The molecule has 1 amide bonds. The number of carbonyl (C=O) groups excluding carboxylic acids is 2. The predicted octanol–water partition coefficient (Wildman–Crippen LogP) is 3.06. The van der Waals surface area contributed by atoms with Crippen LogP contribution in [-0.2, 0) is 19.1 Å². The van der Waals surface area contributed by atoms with E-state index in [9.17, 15) is 9.59 Å². The first-order chi connectivity index (χ1) is 11.7. The highest BCUT2D eigenvalue weighted by molar-refractivity contribution is 5.86. The number of esters is 1. The summed E-state index contributed by atoms with van der Waals surface area (Å²) in [5, 5.41) is 0. The summed E-state index contributed by atoms with van der Waals surface area (Å²) in [6, 6.07) is -0.359. The van der Waals surface area contributed by atoms with Crippen LogP contribution in [-0.4, -0.2) is 48.7 Å². The Labute approximate surface area is 145 Å². The van der Waals surface area contributed by atoms with Gasteiger partial charge in [-0.05, 0) is 44.9 Å². The molecule has 1 aliphatic heterocycles. The second-order valence-electron chi connectivity index (χ2n) is 7.61. The molecule has 0 unspecified atom stereocenters. The number of ether oxygens (including phenoxy) is 2. The fourth-order valence-corrected chi connectivity index (χ4v) is 4.53. The summed E-state index contributed by atoms with van der Waals surface area (Å²) >= 11 is 0. The van der Waals surface area contributed by atoms with E-state index in [0.717, 1.165) is 64.2 Å². The van der Waals surface area contributed by atoms with Gasteiger partial charge in [0.05, 0.1) is 6.10 Å². The topological polar surface area (TPSA) is 55.8 Å². The van der Waals surface area contributed by atoms with E-state index in [4.69, 9.17) is 9.47 Å². The van der Waals surface area contributed by atoms with Gasteiger partial charge in [-0.25, -0.2) is 4.79 Å². The van der Waals surface area contributed by atoms with E-state index in [0.29, 0.717) is 6.54 Å². The predicted molar refractivity (Wildman–Crippen MR) is 90.5 cm³/mol. The number of nitrogens with zero attached hydrogens (tertiary/aromatic N) is 1. The molecule has 3 atom stereocenters. The van der Waals surface area contributed by atoms with Gasteiger partial charge in [-0.2, -0.15) is 0 Å². The minimum Gasteiger partial charge on any atom is -0.461 e. The second kappa shape index (κ2) is 8.32. The Bertz CT molecular complexity index is 447. The van der Waals surface area contributed by atoms with Gasteiger partial charge in [0.25, 0.3) is 0 Å². The largest absolute Gasteiger partial charge is 0.461 e. The van der Waals surface area contributed by atoms with Crippen LogP contribution in [0.1, 0.15) is 70.6 Å². The lowest BCUT2D eigenvalue weighted by atomic mass is 9.88. The lowest BCUT2D eigenvalue weighted by Crippen LogP contribution is -2.45. The highest BCUT2D eigenvalue weighted by Crippen LogP contribution is 2.30. The quantitative estimate of drug-likeness (QED) is 0.740. The molecule has 0 aromatic carbocycles. The third-order valence-electron chi connectivity index (χ3n) is 5.96. The molecule has 0 aromatic rings. The Balaban J connectivity index is 1.56. The lowest BCUT2D eigenvalue weighted by molar-refractivity contribution is -0.162. The van der Waals surface area contributed by atoms with Gasteiger partial charge in [0, 0.05) is 26.0 Å². The fourth-order valence-electron chi connectivity index (χ4n) is 4.53. The monoisotopic (exact) mass is 337 g/mol. The molecule has 2 aliphatic carbocycles. The molecule has 5 heteroatoms. The van der Waals surface area contributed by atoms with E-state index in [-0.39, 0.29) is 36.0 Å². The van der Waals surface area contributed by atoms with E-state index in [1.807, 2.05) is 4.90 Å². The number of carbonyl (C=O) groups is 2. The Kier molecular flexibility index (Phi) is 6.14. The van der Waals surface area contributed by atoms with Crippen LogP contribution in [0.25, 0.3) is 0 Å². The molecule has 5 nitrogen and oxygen atoms in total. The summed E-state index contributed by atoms with van der Waals surface area (Å²) in [7, 11) is 1.72. The van der Waals surface area contributed by atoms with E-state index < -0.39 is 0 Å². The van der Waals surface area contributed by atoms with Gasteiger partial charge in [0.15, 0.2) is 0 Å². The average molecular weight is 337 g/mol. The van der Waals surface area contributed by atoms with Crippen molar-refractivity contribution in [3.05, 3.63) is 0 Å². The number of rotatable bonds is 4. The Morgan fingerprint density at radius 1 is 0.875 bits per heavy atom. The number of hydrogen-bond acceptors (Lipinski definition) is 4. The first-order valence-corrected chi connectivity index (χ1v) is 9.73. The zero-order chi connectivity index (χ0) is 16.9. The van der Waals surface area contributed by atoms with Crippen LogP contribution in [0, 0.1) is 5.92 Å². The molecular formula is C19H31NO4. The summed E-state index contributed by atoms with van der Waals surface area (Å²) in [6.07, 6.45) is 11.0. The number of hydrogen-bond donors (Lipinski definition) is 0. The molecular weight excluding hydrogens is 306 g/mol. The Morgan fingerprint density at radius 3 is 2.38 bits per heavy atom. The molecule has 0 bridgehead atoms.